The molecule has 0 radical (unpaired) electrons. The fourth-order valence-electron chi connectivity index (χ4n) is 1.93. The lowest BCUT2D eigenvalue weighted by molar-refractivity contribution is -0.139. The van der Waals surface area contributed by atoms with Crippen LogP contribution < -0.4 is 10.6 Å². The smallest absolute Gasteiger partial charge is 0.416 e. The summed E-state index contributed by atoms with van der Waals surface area (Å²) in [4.78, 5) is 34.3. The molecule has 1 aromatic carbocycles. The van der Waals surface area contributed by atoms with Gasteiger partial charge in [0.1, 0.15) is 6.04 Å². The lowest BCUT2D eigenvalue weighted by Crippen LogP contribution is -2.40. The standard InChI is InChI=1S/C16H17F3N2O4/c1-3-4-5-13(15(24)25)21-14(23)10-6-11(16(17,18)19)8-12(7-10)20-9(2)22/h3-4,6-8,13H,5H2,1-2H3,(H,20,22)(H,21,23)(H,24,25)/b4-3+. The number of halogens is 3. The van der Waals surface area contributed by atoms with Crippen LogP contribution in [0.5, 0.6) is 0 Å². The van der Waals surface area contributed by atoms with E-state index in [1.807, 2.05) is 0 Å². The van der Waals surface area contributed by atoms with Crippen LogP contribution in [0.25, 0.3) is 0 Å². The van der Waals surface area contributed by atoms with Gasteiger partial charge in [-0.25, -0.2) is 4.79 Å². The van der Waals surface area contributed by atoms with E-state index in [1.165, 1.54) is 6.08 Å². The van der Waals surface area contributed by atoms with Gasteiger partial charge in [-0.3, -0.25) is 9.59 Å². The normalized spacial score (nSPS) is 12.7. The molecule has 3 N–H and O–H groups in total. The molecule has 0 heterocycles. The summed E-state index contributed by atoms with van der Waals surface area (Å²) in [6.45, 7) is 2.77. The van der Waals surface area contributed by atoms with Gasteiger partial charge in [-0.1, -0.05) is 12.2 Å². The van der Waals surface area contributed by atoms with Crippen LogP contribution in [0.4, 0.5) is 18.9 Å². The van der Waals surface area contributed by atoms with E-state index in [2.05, 4.69) is 10.6 Å². The molecule has 1 unspecified atom stereocenters. The van der Waals surface area contributed by atoms with Crippen LogP contribution in [0.1, 0.15) is 36.2 Å². The Morgan fingerprint density at radius 3 is 2.36 bits per heavy atom. The van der Waals surface area contributed by atoms with Crippen LogP contribution in [0.2, 0.25) is 0 Å². The van der Waals surface area contributed by atoms with E-state index >= 15 is 0 Å². The fourth-order valence-corrected chi connectivity index (χ4v) is 1.93. The summed E-state index contributed by atoms with van der Waals surface area (Å²) in [5.41, 5.74) is -1.76. The van der Waals surface area contributed by atoms with Gasteiger partial charge in [0, 0.05) is 18.2 Å². The van der Waals surface area contributed by atoms with Gasteiger partial charge < -0.3 is 15.7 Å². The Morgan fingerprint density at radius 2 is 1.88 bits per heavy atom. The summed E-state index contributed by atoms with van der Waals surface area (Å²) in [5.74, 6) is -2.92. The summed E-state index contributed by atoms with van der Waals surface area (Å²) in [7, 11) is 0. The van der Waals surface area contributed by atoms with Crippen molar-refractivity contribution < 1.29 is 32.7 Å². The number of allylic oxidation sites excluding steroid dienone is 1. The zero-order valence-electron chi connectivity index (χ0n) is 13.5. The monoisotopic (exact) mass is 358 g/mol. The molecule has 25 heavy (non-hydrogen) atoms. The average Bonchev–Trinajstić information content (AvgIpc) is 2.49. The second-order valence-electron chi connectivity index (χ2n) is 5.15. The summed E-state index contributed by atoms with van der Waals surface area (Å²) < 4.78 is 38.9. The number of nitrogens with one attached hydrogen (secondary N) is 2. The molecular formula is C16H17F3N2O4. The maximum Gasteiger partial charge on any atom is 0.416 e. The van der Waals surface area contributed by atoms with E-state index < -0.39 is 41.1 Å². The van der Waals surface area contributed by atoms with Crippen molar-refractivity contribution in [2.75, 3.05) is 5.32 Å². The first-order valence-electron chi connectivity index (χ1n) is 7.19. The van der Waals surface area contributed by atoms with Crippen molar-refractivity contribution >= 4 is 23.5 Å². The van der Waals surface area contributed by atoms with Crippen molar-refractivity contribution in [2.24, 2.45) is 0 Å². The van der Waals surface area contributed by atoms with Crippen molar-refractivity contribution in [3.05, 3.63) is 41.5 Å². The predicted molar refractivity (Wildman–Crippen MR) is 84.1 cm³/mol. The van der Waals surface area contributed by atoms with Crippen LogP contribution in [0, 0.1) is 0 Å². The molecule has 0 spiro atoms. The molecule has 0 aliphatic heterocycles. The second-order valence-corrected chi connectivity index (χ2v) is 5.15. The largest absolute Gasteiger partial charge is 0.480 e. The summed E-state index contributed by atoms with van der Waals surface area (Å²) in [6, 6.07) is 1.03. The van der Waals surface area contributed by atoms with Crippen LogP contribution >= 0.6 is 0 Å². The van der Waals surface area contributed by atoms with E-state index in [0.717, 1.165) is 13.0 Å². The van der Waals surface area contributed by atoms with E-state index in [-0.39, 0.29) is 12.1 Å². The minimum atomic E-state index is -4.74. The Hall–Kier alpha value is -2.84. The van der Waals surface area contributed by atoms with Gasteiger partial charge in [-0.15, -0.1) is 0 Å². The summed E-state index contributed by atoms with van der Waals surface area (Å²) in [5, 5.41) is 13.4. The maximum atomic E-state index is 13.0. The number of hydrogen-bond acceptors (Lipinski definition) is 3. The Bertz CT molecular complexity index is 699. The van der Waals surface area contributed by atoms with Crippen molar-refractivity contribution in [3.63, 3.8) is 0 Å². The second kappa shape index (κ2) is 8.32. The molecule has 9 heteroatoms. The number of rotatable bonds is 6. The molecule has 0 aromatic heterocycles. The molecule has 0 fully saturated rings. The Balaban J connectivity index is 3.18. The first-order chi connectivity index (χ1) is 11.5. The highest BCUT2D eigenvalue weighted by molar-refractivity contribution is 5.98. The average molecular weight is 358 g/mol. The van der Waals surface area contributed by atoms with E-state index in [0.29, 0.717) is 12.1 Å². The highest BCUT2D eigenvalue weighted by Crippen LogP contribution is 2.32. The molecule has 136 valence electrons. The number of carboxylic acids is 1. The van der Waals surface area contributed by atoms with Crippen LogP contribution in [-0.4, -0.2) is 28.9 Å². The number of carboxylic acid groups (broad SMARTS) is 1. The number of amides is 2. The topological polar surface area (TPSA) is 95.5 Å². The molecule has 0 aliphatic carbocycles. The molecule has 1 atom stereocenters. The molecule has 0 saturated heterocycles. The Kier molecular flexibility index (Phi) is 6.72. The highest BCUT2D eigenvalue weighted by Gasteiger charge is 2.32. The summed E-state index contributed by atoms with van der Waals surface area (Å²) >= 11 is 0. The molecule has 1 aromatic rings. The van der Waals surface area contributed by atoms with Gasteiger partial charge in [0.25, 0.3) is 5.91 Å². The van der Waals surface area contributed by atoms with Crippen molar-refractivity contribution in [3.8, 4) is 0 Å². The number of hydrogen-bond donors (Lipinski definition) is 3. The zero-order valence-corrected chi connectivity index (χ0v) is 13.5. The van der Waals surface area contributed by atoms with Gasteiger partial charge >= 0.3 is 12.1 Å². The Morgan fingerprint density at radius 1 is 1.24 bits per heavy atom. The quantitative estimate of drug-likeness (QED) is 0.682. The highest BCUT2D eigenvalue weighted by atomic mass is 19.4. The lowest BCUT2D eigenvalue weighted by atomic mass is 10.1. The number of aliphatic carboxylic acids is 1. The number of carbonyl (C=O) groups excluding carboxylic acids is 2. The third-order valence-electron chi connectivity index (χ3n) is 3.05. The molecular weight excluding hydrogens is 341 g/mol. The number of alkyl halides is 3. The predicted octanol–water partition coefficient (Wildman–Crippen LogP) is 2.81. The first-order valence-corrected chi connectivity index (χ1v) is 7.19. The molecule has 0 saturated carbocycles. The molecule has 0 aliphatic rings. The summed E-state index contributed by atoms with van der Waals surface area (Å²) in [6.07, 6.45) is -1.66. The van der Waals surface area contributed by atoms with Gasteiger partial charge in [-0.05, 0) is 31.5 Å². The Labute approximate surface area is 141 Å². The van der Waals surface area contributed by atoms with Crippen molar-refractivity contribution in [1.29, 1.82) is 0 Å². The maximum absolute atomic E-state index is 13.0. The minimum Gasteiger partial charge on any atom is -0.480 e. The lowest BCUT2D eigenvalue weighted by Gasteiger charge is -2.15. The van der Waals surface area contributed by atoms with Crippen LogP contribution in [0.3, 0.4) is 0 Å². The number of carbonyl (C=O) groups is 3. The van der Waals surface area contributed by atoms with Gasteiger partial charge in [0.15, 0.2) is 0 Å². The van der Waals surface area contributed by atoms with Crippen LogP contribution in [-0.2, 0) is 15.8 Å². The number of benzene rings is 1. The molecule has 0 bridgehead atoms. The third kappa shape index (κ3) is 6.28. The molecule has 1 rings (SSSR count). The van der Waals surface area contributed by atoms with Gasteiger partial charge in [-0.2, -0.15) is 13.2 Å². The fraction of sp³-hybridized carbons (Fsp3) is 0.312. The van der Waals surface area contributed by atoms with E-state index in [1.54, 1.807) is 13.0 Å². The molecule has 6 nitrogen and oxygen atoms in total. The first kappa shape index (κ1) is 20.2. The SMILES string of the molecule is C/C=C/CC(NC(=O)c1cc(NC(C)=O)cc(C(F)(F)F)c1)C(=O)O. The van der Waals surface area contributed by atoms with Crippen LogP contribution in [0.15, 0.2) is 30.4 Å². The number of anilines is 1. The third-order valence-corrected chi connectivity index (χ3v) is 3.05. The van der Waals surface area contributed by atoms with E-state index in [4.69, 9.17) is 5.11 Å². The van der Waals surface area contributed by atoms with Gasteiger partial charge in [0.05, 0.1) is 5.56 Å². The van der Waals surface area contributed by atoms with Crippen molar-refractivity contribution in [2.45, 2.75) is 32.5 Å². The minimum absolute atomic E-state index is 0.0188. The van der Waals surface area contributed by atoms with E-state index in [9.17, 15) is 27.6 Å². The molecule has 2 amide bonds. The van der Waals surface area contributed by atoms with Gasteiger partial charge in [0.2, 0.25) is 5.91 Å². The van der Waals surface area contributed by atoms with Crippen molar-refractivity contribution in [1.82, 2.24) is 5.32 Å². The zero-order chi connectivity index (χ0) is 19.2.